The van der Waals surface area contributed by atoms with Crippen molar-refractivity contribution in [2.45, 2.75) is 52.4 Å². The molecule has 5 nitrogen and oxygen atoms in total. The van der Waals surface area contributed by atoms with Gasteiger partial charge in [-0.1, -0.05) is 151 Å². The zero-order valence-electron chi connectivity index (χ0n) is 36.4. The fourth-order valence-corrected chi connectivity index (χ4v) is 9.03. The molecule has 0 unspecified atom stereocenters. The summed E-state index contributed by atoms with van der Waals surface area (Å²) in [6, 6.07) is 63.3. The third-order valence-electron chi connectivity index (χ3n) is 12.3. The lowest BCUT2D eigenvalue weighted by Gasteiger charge is -2.41. The molecule has 0 spiro atoms. The van der Waals surface area contributed by atoms with Gasteiger partial charge in [0.25, 0.3) is 0 Å². The summed E-state index contributed by atoms with van der Waals surface area (Å²) in [6.07, 6.45) is 1.93. The van der Waals surface area contributed by atoms with E-state index >= 15 is 0 Å². The van der Waals surface area contributed by atoms with Crippen LogP contribution in [0.5, 0.6) is 11.5 Å². The van der Waals surface area contributed by atoms with E-state index in [1.54, 1.807) is 0 Å². The largest absolute Gasteiger partial charge is 0.457 e. The van der Waals surface area contributed by atoms with Crippen molar-refractivity contribution in [3.8, 4) is 39.6 Å². The van der Waals surface area contributed by atoms with Crippen LogP contribution in [0.4, 0.5) is 22.7 Å². The summed E-state index contributed by atoms with van der Waals surface area (Å²) in [5.41, 5.74) is 14.0. The van der Waals surface area contributed by atoms with Gasteiger partial charge in [-0.15, -0.1) is 0 Å². The van der Waals surface area contributed by atoms with Crippen LogP contribution in [0.15, 0.2) is 182 Å². The monoisotopic (exact) mass is 808 g/mol. The van der Waals surface area contributed by atoms with Crippen molar-refractivity contribution in [3.05, 3.63) is 193 Å². The number of para-hydroxylation sites is 4. The topological polar surface area (TPSA) is 33.5 Å². The SMILES string of the molecule is CC(C)(C)c1cc(Oc2ccc3c4ccccc4n(-c4cc(C(C)(C)C)ccn4)c3c2)cc(N2CCN(c3c(-c4ccccc4)cccc3-c3ccccc3)c3ccccc32)c1. The minimum absolute atomic E-state index is 0.00852. The summed E-state index contributed by atoms with van der Waals surface area (Å²) in [5.74, 6) is 2.49. The van der Waals surface area contributed by atoms with Gasteiger partial charge in [0.15, 0.2) is 0 Å². The van der Waals surface area contributed by atoms with Crippen LogP contribution in [0, 0.1) is 0 Å². The quantitative estimate of drug-likeness (QED) is 0.161. The molecule has 0 bridgehead atoms. The summed E-state index contributed by atoms with van der Waals surface area (Å²) in [6.45, 7) is 15.1. The van der Waals surface area contributed by atoms with Crippen LogP contribution in [0.1, 0.15) is 52.7 Å². The van der Waals surface area contributed by atoms with Crippen LogP contribution in [0.25, 0.3) is 49.9 Å². The number of hydrogen-bond acceptors (Lipinski definition) is 4. The van der Waals surface area contributed by atoms with E-state index in [-0.39, 0.29) is 10.8 Å². The van der Waals surface area contributed by atoms with E-state index < -0.39 is 0 Å². The normalized spacial score (nSPS) is 13.1. The lowest BCUT2D eigenvalue weighted by Crippen LogP contribution is -2.36. The summed E-state index contributed by atoms with van der Waals surface area (Å²) in [5, 5.41) is 2.35. The summed E-state index contributed by atoms with van der Waals surface area (Å²) in [7, 11) is 0. The molecule has 5 heteroatoms. The number of rotatable bonds is 7. The lowest BCUT2D eigenvalue weighted by molar-refractivity contribution is 0.479. The highest BCUT2D eigenvalue weighted by Crippen LogP contribution is 2.49. The van der Waals surface area contributed by atoms with Gasteiger partial charge in [0.05, 0.1) is 28.1 Å². The second kappa shape index (κ2) is 15.4. The minimum Gasteiger partial charge on any atom is -0.457 e. The van der Waals surface area contributed by atoms with Crippen molar-refractivity contribution in [1.82, 2.24) is 9.55 Å². The zero-order valence-corrected chi connectivity index (χ0v) is 36.4. The number of fused-ring (bicyclic) bond motifs is 4. The van der Waals surface area contributed by atoms with Gasteiger partial charge < -0.3 is 14.5 Å². The molecular weight excluding hydrogens is 757 g/mol. The lowest BCUT2D eigenvalue weighted by atomic mass is 9.86. The number of benzene rings is 7. The predicted octanol–water partition coefficient (Wildman–Crippen LogP) is 15.2. The molecule has 7 aromatic carbocycles. The molecule has 10 rings (SSSR count). The molecule has 9 aromatic rings. The van der Waals surface area contributed by atoms with Crippen molar-refractivity contribution in [2.24, 2.45) is 0 Å². The molecule has 0 aliphatic carbocycles. The molecule has 62 heavy (non-hydrogen) atoms. The van der Waals surface area contributed by atoms with Crippen molar-refractivity contribution < 1.29 is 4.74 Å². The maximum absolute atomic E-state index is 6.96. The molecule has 0 amide bonds. The second-order valence-corrected chi connectivity index (χ2v) is 18.5. The van der Waals surface area contributed by atoms with Crippen LogP contribution < -0.4 is 14.5 Å². The van der Waals surface area contributed by atoms with Crippen molar-refractivity contribution >= 4 is 44.6 Å². The molecule has 1 aliphatic rings. The molecule has 0 saturated carbocycles. The van der Waals surface area contributed by atoms with Crippen molar-refractivity contribution in [2.75, 3.05) is 22.9 Å². The number of ether oxygens (including phenoxy) is 1. The van der Waals surface area contributed by atoms with Gasteiger partial charge in [-0.3, -0.25) is 4.57 Å². The molecule has 0 saturated heterocycles. The zero-order chi connectivity index (χ0) is 42.6. The Morgan fingerprint density at radius 2 is 1.06 bits per heavy atom. The minimum atomic E-state index is -0.116. The fourth-order valence-electron chi connectivity index (χ4n) is 9.03. The van der Waals surface area contributed by atoms with E-state index in [2.05, 4.69) is 232 Å². The Kier molecular flexibility index (Phi) is 9.71. The molecule has 0 fully saturated rings. The molecular formula is C57H52N4O. The Hall–Kier alpha value is -7.11. The molecule has 0 radical (unpaired) electrons. The first-order valence-electron chi connectivity index (χ1n) is 21.7. The Morgan fingerprint density at radius 1 is 0.468 bits per heavy atom. The third kappa shape index (κ3) is 7.17. The summed E-state index contributed by atoms with van der Waals surface area (Å²) in [4.78, 5) is 9.91. The Labute approximate surface area is 365 Å². The highest BCUT2D eigenvalue weighted by molar-refractivity contribution is 6.09. The summed E-state index contributed by atoms with van der Waals surface area (Å²) < 4.78 is 9.23. The highest BCUT2D eigenvalue weighted by Gasteiger charge is 2.30. The molecule has 1 aliphatic heterocycles. The van der Waals surface area contributed by atoms with Crippen molar-refractivity contribution in [1.29, 1.82) is 0 Å². The fraction of sp³-hybridized carbons (Fsp3) is 0.175. The van der Waals surface area contributed by atoms with Crippen LogP contribution in [0.2, 0.25) is 0 Å². The second-order valence-electron chi connectivity index (χ2n) is 18.5. The number of pyridine rings is 1. The maximum Gasteiger partial charge on any atom is 0.137 e. The molecule has 2 aromatic heterocycles. The van der Waals surface area contributed by atoms with E-state index in [1.165, 1.54) is 55.5 Å². The van der Waals surface area contributed by atoms with E-state index in [9.17, 15) is 0 Å². The first-order chi connectivity index (χ1) is 30.0. The van der Waals surface area contributed by atoms with Gasteiger partial charge in [0.2, 0.25) is 0 Å². The van der Waals surface area contributed by atoms with Gasteiger partial charge in [0, 0.05) is 59.0 Å². The van der Waals surface area contributed by atoms with E-state index in [0.717, 1.165) is 52.8 Å². The van der Waals surface area contributed by atoms with Crippen LogP contribution in [-0.2, 0) is 10.8 Å². The third-order valence-corrected chi connectivity index (χ3v) is 12.3. The maximum atomic E-state index is 6.96. The average molecular weight is 809 g/mol. The first kappa shape index (κ1) is 39.1. The van der Waals surface area contributed by atoms with E-state index in [4.69, 9.17) is 9.72 Å². The predicted molar refractivity (Wildman–Crippen MR) is 260 cm³/mol. The number of hydrogen-bond donors (Lipinski definition) is 0. The molecule has 306 valence electrons. The highest BCUT2D eigenvalue weighted by atomic mass is 16.5. The Morgan fingerprint density at radius 3 is 1.74 bits per heavy atom. The van der Waals surface area contributed by atoms with Crippen molar-refractivity contribution in [3.63, 3.8) is 0 Å². The van der Waals surface area contributed by atoms with Gasteiger partial charge in [-0.2, -0.15) is 0 Å². The van der Waals surface area contributed by atoms with Crippen LogP contribution in [0.3, 0.4) is 0 Å². The first-order valence-corrected chi connectivity index (χ1v) is 21.7. The molecule has 0 N–H and O–H groups in total. The van der Waals surface area contributed by atoms with Gasteiger partial charge in [-0.25, -0.2) is 4.98 Å². The number of aromatic nitrogens is 2. The van der Waals surface area contributed by atoms with Crippen LogP contribution in [-0.4, -0.2) is 22.6 Å². The smallest absolute Gasteiger partial charge is 0.137 e. The Balaban J connectivity index is 1.07. The average Bonchev–Trinajstić information content (AvgIpc) is 3.62. The summed E-state index contributed by atoms with van der Waals surface area (Å²) >= 11 is 0. The van der Waals surface area contributed by atoms with Gasteiger partial charge in [-0.05, 0) is 87.7 Å². The number of anilines is 4. The standard InChI is InChI=1S/C57H52N4O/c1-56(2,3)41-30-31-58-54(36-41)61-50-25-14-13-22-48(50)49-29-28-44(38-53(49)61)62-45-35-42(57(4,5)6)34-43(37-45)59-32-33-60(52-27-16-15-26-51(52)59)55-46(39-18-9-7-10-19-39)23-17-24-47(55)40-20-11-8-12-21-40/h7-31,34-38H,32-33H2,1-6H3. The number of nitrogens with zero attached hydrogens (tertiary/aromatic N) is 4. The van der Waals surface area contributed by atoms with E-state index in [0.29, 0.717) is 0 Å². The van der Waals surface area contributed by atoms with E-state index in [1.807, 2.05) is 6.20 Å². The van der Waals surface area contributed by atoms with Gasteiger partial charge >= 0.3 is 0 Å². The molecule has 0 atom stereocenters. The van der Waals surface area contributed by atoms with Gasteiger partial charge in [0.1, 0.15) is 17.3 Å². The Bertz CT molecular complexity index is 3020. The molecule has 3 heterocycles. The van der Waals surface area contributed by atoms with Crippen LogP contribution >= 0.6 is 0 Å².